The van der Waals surface area contributed by atoms with E-state index in [4.69, 9.17) is 10.5 Å². The van der Waals surface area contributed by atoms with Crippen LogP contribution in [0, 0.1) is 0 Å². The molecule has 1 aliphatic heterocycles. The molecule has 2 N–H and O–H groups in total. The first-order valence-corrected chi connectivity index (χ1v) is 8.16. The molecule has 2 nitrogen and oxygen atoms in total. The first kappa shape index (κ1) is 13.5. The molecular formula is C17H19NOS. The fraction of sp³-hybridized carbons (Fsp3) is 0.294. The van der Waals surface area contributed by atoms with Crippen molar-refractivity contribution >= 4 is 11.8 Å². The molecule has 0 aromatic heterocycles. The summed E-state index contributed by atoms with van der Waals surface area (Å²) in [4.78, 5) is 1.24. The van der Waals surface area contributed by atoms with Gasteiger partial charge in [0.1, 0.15) is 5.75 Å². The number of aryl methyl sites for hydroxylation is 1. The van der Waals surface area contributed by atoms with Gasteiger partial charge in [-0.25, -0.2) is 0 Å². The van der Waals surface area contributed by atoms with E-state index in [2.05, 4.69) is 48.7 Å². The second-order valence-electron chi connectivity index (χ2n) is 5.04. The Morgan fingerprint density at radius 3 is 2.90 bits per heavy atom. The zero-order chi connectivity index (χ0) is 13.9. The number of hydrogen-bond donors (Lipinski definition) is 1. The number of thioether (sulfide) groups is 1. The van der Waals surface area contributed by atoms with Crippen LogP contribution in [0.3, 0.4) is 0 Å². The first-order chi connectivity index (χ1) is 9.79. The van der Waals surface area contributed by atoms with Crippen molar-refractivity contribution in [2.75, 3.05) is 12.9 Å². The predicted molar refractivity (Wildman–Crippen MR) is 84.5 cm³/mol. The molecule has 0 amide bonds. The van der Waals surface area contributed by atoms with E-state index in [0.29, 0.717) is 0 Å². The Hall–Kier alpha value is -1.45. The Kier molecular flexibility index (Phi) is 3.99. The maximum atomic E-state index is 6.47. The molecule has 1 aliphatic rings. The molecule has 1 unspecified atom stereocenters. The van der Waals surface area contributed by atoms with Gasteiger partial charge in [-0.2, -0.15) is 0 Å². The van der Waals surface area contributed by atoms with Crippen molar-refractivity contribution in [3.8, 4) is 5.75 Å². The second kappa shape index (κ2) is 5.90. The molecule has 3 heteroatoms. The smallest absolute Gasteiger partial charge is 0.122 e. The molecule has 2 aromatic carbocycles. The van der Waals surface area contributed by atoms with Gasteiger partial charge in [0, 0.05) is 4.90 Å². The van der Waals surface area contributed by atoms with E-state index in [9.17, 15) is 0 Å². The lowest BCUT2D eigenvalue weighted by molar-refractivity contribution is 0.288. The van der Waals surface area contributed by atoms with Gasteiger partial charge in [-0.3, -0.25) is 0 Å². The van der Waals surface area contributed by atoms with Gasteiger partial charge in [0.15, 0.2) is 0 Å². The molecule has 0 saturated carbocycles. The lowest BCUT2D eigenvalue weighted by Crippen LogP contribution is -2.15. The lowest BCUT2D eigenvalue weighted by atomic mass is 9.95. The maximum Gasteiger partial charge on any atom is 0.122 e. The van der Waals surface area contributed by atoms with Gasteiger partial charge in [-0.1, -0.05) is 30.3 Å². The number of ether oxygens (including phenoxy) is 1. The average Bonchev–Trinajstić information content (AvgIpc) is 2.53. The highest BCUT2D eigenvalue weighted by Crippen LogP contribution is 2.32. The Balaban J connectivity index is 1.96. The van der Waals surface area contributed by atoms with Crippen LogP contribution in [0.4, 0.5) is 0 Å². The Morgan fingerprint density at radius 2 is 2.05 bits per heavy atom. The molecule has 20 heavy (non-hydrogen) atoms. The number of benzene rings is 2. The van der Waals surface area contributed by atoms with Crippen LogP contribution in [0.15, 0.2) is 47.4 Å². The minimum Gasteiger partial charge on any atom is -0.493 e. The van der Waals surface area contributed by atoms with Gasteiger partial charge in [-0.05, 0) is 47.9 Å². The van der Waals surface area contributed by atoms with Gasteiger partial charge in [0.25, 0.3) is 0 Å². The number of fused-ring (bicyclic) bond motifs is 1. The number of nitrogens with two attached hydrogens (primary N) is 1. The topological polar surface area (TPSA) is 35.2 Å². The van der Waals surface area contributed by atoms with E-state index in [1.165, 1.54) is 16.0 Å². The van der Waals surface area contributed by atoms with Crippen LogP contribution in [0.25, 0.3) is 0 Å². The fourth-order valence-electron chi connectivity index (χ4n) is 2.68. The second-order valence-corrected chi connectivity index (χ2v) is 5.89. The Bertz CT molecular complexity index is 612. The molecular weight excluding hydrogens is 266 g/mol. The van der Waals surface area contributed by atoms with Crippen LogP contribution < -0.4 is 10.5 Å². The quantitative estimate of drug-likeness (QED) is 0.872. The van der Waals surface area contributed by atoms with Crippen molar-refractivity contribution in [2.24, 2.45) is 5.73 Å². The number of hydrogen-bond acceptors (Lipinski definition) is 3. The molecule has 0 bridgehead atoms. The summed E-state index contributed by atoms with van der Waals surface area (Å²) in [6, 6.07) is 14.6. The van der Waals surface area contributed by atoms with Crippen LogP contribution in [0.5, 0.6) is 5.75 Å². The molecule has 0 fully saturated rings. The molecule has 3 rings (SSSR count). The maximum absolute atomic E-state index is 6.47. The van der Waals surface area contributed by atoms with Gasteiger partial charge < -0.3 is 10.5 Å². The predicted octanol–water partition coefficient (Wildman–Crippen LogP) is 3.78. The van der Waals surface area contributed by atoms with Crippen LogP contribution in [0.1, 0.15) is 29.2 Å². The molecule has 0 saturated heterocycles. The summed E-state index contributed by atoms with van der Waals surface area (Å²) >= 11 is 1.74. The van der Waals surface area contributed by atoms with Crippen molar-refractivity contribution < 1.29 is 4.74 Å². The molecule has 2 aromatic rings. The minimum absolute atomic E-state index is 0.0779. The molecule has 0 spiro atoms. The summed E-state index contributed by atoms with van der Waals surface area (Å²) in [7, 11) is 0. The molecule has 1 atom stereocenters. The van der Waals surface area contributed by atoms with E-state index < -0.39 is 0 Å². The lowest BCUT2D eigenvalue weighted by Gasteiger charge is -2.21. The first-order valence-electron chi connectivity index (χ1n) is 6.93. The highest BCUT2D eigenvalue weighted by atomic mass is 32.2. The summed E-state index contributed by atoms with van der Waals surface area (Å²) in [5.74, 6) is 1.02. The van der Waals surface area contributed by atoms with E-state index in [1.54, 1.807) is 11.8 Å². The molecule has 0 aliphatic carbocycles. The molecule has 104 valence electrons. The van der Waals surface area contributed by atoms with Crippen molar-refractivity contribution in [3.05, 3.63) is 59.2 Å². The molecule has 1 heterocycles. The summed E-state index contributed by atoms with van der Waals surface area (Å²) in [5.41, 5.74) is 10.1. The highest BCUT2D eigenvalue weighted by Gasteiger charge is 2.16. The SMILES string of the molecule is CSc1ccccc1C(N)c1ccc2c(c1)CCCO2. The summed E-state index contributed by atoms with van der Waals surface area (Å²) in [6.07, 6.45) is 4.26. The van der Waals surface area contributed by atoms with Gasteiger partial charge in [-0.15, -0.1) is 11.8 Å². The standard InChI is InChI=1S/C17H19NOS/c1-20-16-7-3-2-6-14(16)17(18)13-8-9-15-12(11-13)5-4-10-19-15/h2-3,6-9,11,17H,4-5,10,18H2,1H3. The third-order valence-corrected chi connectivity index (χ3v) is 4.58. The van der Waals surface area contributed by atoms with Gasteiger partial charge in [0.2, 0.25) is 0 Å². The zero-order valence-corrected chi connectivity index (χ0v) is 12.5. The average molecular weight is 285 g/mol. The Labute approximate surface area is 124 Å². The van der Waals surface area contributed by atoms with E-state index in [-0.39, 0.29) is 6.04 Å². The molecule has 0 radical (unpaired) electrons. The third-order valence-electron chi connectivity index (χ3n) is 3.77. The van der Waals surface area contributed by atoms with Crippen molar-refractivity contribution in [3.63, 3.8) is 0 Å². The van der Waals surface area contributed by atoms with Crippen LogP contribution in [-0.4, -0.2) is 12.9 Å². The zero-order valence-electron chi connectivity index (χ0n) is 11.6. The van der Waals surface area contributed by atoms with Crippen molar-refractivity contribution in [2.45, 2.75) is 23.8 Å². The van der Waals surface area contributed by atoms with E-state index in [1.807, 2.05) is 0 Å². The highest BCUT2D eigenvalue weighted by molar-refractivity contribution is 7.98. The largest absolute Gasteiger partial charge is 0.493 e. The number of rotatable bonds is 3. The van der Waals surface area contributed by atoms with Crippen LogP contribution >= 0.6 is 11.8 Å². The summed E-state index contributed by atoms with van der Waals surface area (Å²) in [6.45, 7) is 0.827. The minimum atomic E-state index is -0.0779. The van der Waals surface area contributed by atoms with Crippen molar-refractivity contribution in [1.29, 1.82) is 0 Å². The van der Waals surface area contributed by atoms with Crippen molar-refractivity contribution in [1.82, 2.24) is 0 Å². The van der Waals surface area contributed by atoms with Crippen LogP contribution in [-0.2, 0) is 6.42 Å². The fourth-order valence-corrected chi connectivity index (χ4v) is 3.32. The van der Waals surface area contributed by atoms with Gasteiger partial charge in [0.05, 0.1) is 12.6 Å². The third kappa shape index (κ3) is 2.56. The van der Waals surface area contributed by atoms with Gasteiger partial charge >= 0.3 is 0 Å². The normalized spacial score (nSPS) is 15.3. The van der Waals surface area contributed by atoms with Crippen LogP contribution in [0.2, 0.25) is 0 Å². The Morgan fingerprint density at radius 1 is 1.20 bits per heavy atom. The monoisotopic (exact) mass is 285 g/mol. The summed E-state index contributed by atoms with van der Waals surface area (Å²) in [5, 5.41) is 0. The van der Waals surface area contributed by atoms with E-state index in [0.717, 1.165) is 30.8 Å². The van der Waals surface area contributed by atoms with E-state index >= 15 is 0 Å². The summed E-state index contributed by atoms with van der Waals surface area (Å²) < 4.78 is 5.66.